The van der Waals surface area contributed by atoms with Crippen LogP contribution in [0.25, 0.3) is 0 Å². The van der Waals surface area contributed by atoms with Crippen molar-refractivity contribution in [2.24, 2.45) is 0 Å². The van der Waals surface area contributed by atoms with Crippen LogP contribution in [0.5, 0.6) is 11.5 Å². The maximum Gasteiger partial charge on any atom is 0.200 e. The van der Waals surface area contributed by atoms with Crippen molar-refractivity contribution in [2.45, 2.75) is 6.92 Å². The number of benzene rings is 2. The number of aryl methyl sites for hydroxylation is 1. The van der Waals surface area contributed by atoms with Crippen molar-refractivity contribution in [2.75, 3.05) is 20.0 Å². The van der Waals surface area contributed by atoms with Crippen LogP contribution in [0, 0.1) is 6.92 Å². The second-order valence-electron chi connectivity index (χ2n) is 4.46. The number of methoxy groups -OCH3 is 2. The summed E-state index contributed by atoms with van der Waals surface area (Å²) < 4.78 is 10.5. The highest BCUT2D eigenvalue weighted by atomic mass is 16.5. The number of ketones is 1. The largest absolute Gasteiger partial charge is 0.496 e. The van der Waals surface area contributed by atoms with E-state index < -0.39 is 0 Å². The van der Waals surface area contributed by atoms with Gasteiger partial charge in [0.05, 0.1) is 31.0 Å². The van der Waals surface area contributed by atoms with Gasteiger partial charge in [-0.05, 0) is 31.2 Å². The molecule has 0 atom stereocenters. The molecule has 2 rings (SSSR count). The highest BCUT2D eigenvalue weighted by Crippen LogP contribution is 2.30. The Bertz CT molecular complexity index is 646. The average Bonchev–Trinajstić information content (AvgIpc) is 2.46. The van der Waals surface area contributed by atoms with Gasteiger partial charge in [0.25, 0.3) is 0 Å². The molecule has 2 N–H and O–H groups in total. The minimum absolute atomic E-state index is 0.172. The number of carbonyl (C=O) groups excluding carboxylic acids is 1. The number of para-hydroxylation sites is 1. The summed E-state index contributed by atoms with van der Waals surface area (Å²) in [6.07, 6.45) is 0. The van der Waals surface area contributed by atoms with Crippen molar-refractivity contribution < 1.29 is 14.3 Å². The molecule has 0 aliphatic heterocycles. The molecule has 0 bridgehead atoms. The van der Waals surface area contributed by atoms with Gasteiger partial charge in [0.15, 0.2) is 5.75 Å². The zero-order valence-electron chi connectivity index (χ0n) is 11.8. The molecule has 0 radical (unpaired) electrons. The summed E-state index contributed by atoms with van der Waals surface area (Å²) >= 11 is 0. The molecule has 0 aliphatic rings. The predicted octanol–water partition coefficient (Wildman–Crippen LogP) is 2.83. The van der Waals surface area contributed by atoms with E-state index in [1.807, 2.05) is 13.0 Å². The highest BCUT2D eigenvalue weighted by molar-refractivity contribution is 6.13. The van der Waals surface area contributed by atoms with Gasteiger partial charge in [0.1, 0.15) is 5.75 Å². The number of hydrogen-bond acceptors (Lipinski definition) is 4. The monoisotopic (exact) mass is 271 g/mol. The summed E-state index contributed by atoms with van der Waals surface area (Å²) in [5.74, 6) is 0.751. The molecule has 2 aromatic carbocycles. The first kappa shape index (κ1) is 13.9. The number of ether oxygens (including phenoxy) is 2. The van der Waals surface area contributed by atoms with Gasteiger partial charge in [-0.2, -0.15) is 0 Å². The molecule has 0 saturated heterocycles. The van der Waals surface area contributed by atoms with Crippen LogP contribution >= 0.6 is 0 Å². The van der Waals surface area contributed by atoms with Gasteiger partial charge >= 0.3 is 0 Å². The number of nitrogens with two attached hydrogens (primary N) is 1. The van der Waals surface area contributed by atoms with Gasteiger partial charge in [0.2, 0.25) is 5.78 Å². The number of rotatable bonds is 4. The number of hydrogen-bond donors (Lipinski definition) is 1. The second kappa shape index (κ2) is 5.65. The number of nitrogen functional groups attached to an aromatic ring is 1. The maximum atomic E-state index is 12.7. The fraction of sp³-hybridized carbons (Fsp3) is 0.188. The Balaban J connectivity index is 2.57. The van der Waals surface area contributed by atoms with E-state index in [0.29, 0.717) is 28.3 Å². The lowest BCUT2D eigenvalue weighted by molar-refractivity contribution is 0.103. The van der Waals surface area contributed by atoms with Gasteiger partial charge in [-0.15, -0.1) is 0 Å². The minimum atomic E-state index is -0.172. The molecular weight excluding hydrogens is 254 g/mol. The molecule has 0 heterocycles. The molecule has 0 fully saturated rings. The van der Waals surface area contributed by atoms with E-state index in [1.165, 1.54) is 14.2 Å². The third-order valence-corrected chi connectivity index (χ3v) is 3.09. The van der Waals surface area contributed by atoms with Crippen molar-refractivity contribution >= 4 is 11.5 Å². The summed E-state index contributed by atoms with van der Waals surface area (Å²) in [6.45, 7) is 1.92. The van der Waals surface area contributed by atoms with Gasteiger partial charge < -0.3 is 15.2 Å². The van der Waals surface area contributed by atoms with Crippen molar-refractivity contribution in [3.63, 3.8) is 0 Å². The zero-order valence-corrected chi connectivity index (χ0v) is 11.8. The van der Waals surface area contributed by atoms with E-state index in [2.05, 4.69) is 0 Å². The van der Waals surface area contributed by atoms with E-state index >= 15 is 0 Å². The van der Waals surface area contributed by atoms with Crippen LogP contribution in [0.4, 0.5) is 5.69 Å². The van der Waals surface area contributed by atoms with Crippen molar-refractivity contribution in [1.82, 2.24) is 0 Å². The first-order valence-electron chi connectivity index (χ1n) is 6.20. The molecule has 20 heavy (non-hydrogen) atoms. The van der Waals surface area contributed by atoms with Crippen molar-refractivity contribution in [3.05, 3.63) is 53.1 Å². The fourth-order valence-electron chi connectivity index (χ4n) is 2.11. The molecule has 4 nitrogen and oxygen atoms in total. The molecule has 0 amide bonds. The minimum Gasteiger partial charge on any atom is -0.496 e. The van der Waals surface area contributed by atoms with Gasteiger partial charge in [-0.3, -0.25) is 4.79 Å². The third kappa shape index (κ3) is 2.45. The van der Waals surface area contributed by atoms with E-state index in [-0.39, 0.29) is 5.78 Å². The highest BCUT2D eigenvalue weighted by Gasteiger charge is 2.19. The van der Waals surface area contributed by atoms with Gasteiger partial charge in [0, 0.05) is 0 Å². The lowest BCUT2D eigenvalue weighted by Gasteiger charge is -2.12. The van der Waals surface area contributed by atoms with Crippen LogP contribution in [-0.4, -0.2) is 20.0 Å². The molecule has 0 aliphatic carbocycles. The van der Waals surface area contributed by atoms with Crippen molar-refractivity contribution in [3.8, 4) is 11.5 Å². The smallest absolute Gasteiger partial charge is 0.200 e. The Hall–Kier alpha value is -2.49. The van der Waals surface area contributed by atoms with Crippen LogP contribution in [0.15, 0.2) is 36.4 Å². The second-order valence-corrected chi connectivity index (χ2v) is 4.46. The van der Waals surface area contributed by atoms with Crippen LogP contribution in [0.1, 0.15) is 21.5 Å². The van der Waals surface area contributed by atoms with Gasteiger partial charge in [-0.1, -0.05) is 17.7 Å². The topological polar surface area (TPSA) is 61.5 Å². The first-order chi connectivity index (χ1) is 9.58. The molecule has 2 aromatic rings. The fourth-order valence-corrected chi connectivity index (χ4v) is 2.11. The van der Waals surface area contributed by atoms with Crippen LogP contribution < -0.4 is 15.2 Å². The summed E-state index contributed by atoms with van der Waals surface area (Å²) in [5.41, 5.74) is 8.18. The quantitative estimate of drug-likeness (QED) is 0.686. The summed E-state index contributed by atoms with van der Waals surface area (Å²) in [6, 6.07) is 10.6. The predicted molar refractivity (Wildman–Crippen MR) is 78.6 cm³/mol. The molecular formula is C16H17NO3. The maximum absolute atomic E-state index is 12.7. The van der Waals surface area contributed by atoms with E-state index in [1.54, 1.807) is 30.3 Å². The van der Waals surface area contributed by atoms with E-state index in [4.69, 9.17) is 15.2 Å². The lowest BCUT2D eigenvalue weighted by atomic mass is 9.99. The normalized spacial score (nSPS) is 10.2. The van der Waals surface area contributed by atoms with Crippen LogP contribution in [0.2, 0.25) is 0 Å². The summed E-state index contributed by atoms with van der Waals surface area (Å²) in [5, 5.41) is 0. The number of anilines is 1. The Kier molecular flexibility index (Phi) is 3.94. The average molecular weight is 271 g/mol. The Labute approximate surface area is 118 Å². The van der Waals surface area contributed by atoms with Gasteiger partial charge in [-0.25, -0.2) is 0 Å². The first-order valence-corrected chi connectivity index (χ1v) is 6.20. The van der Waals surface area contributed by atoms with Crippen LogP contribution in [-0.2, 0) is 0 Å². The molecule has 0 saturated carbocycles. The Morgan fingerprint density at radius 1 is 1.05 bits per heavy atom. The molecule has 4 heteroatoms. The summed E-state index contributed by atoms with van der Waals surface area (Å²) in [7, 11) is 3.04. The third-order valence-electron chi connectivity index (χ3n) is 3.09. The van der Waals surface area contributed by atoms with Crippen molar-refractivity contribution in [1.29, 1.82) is 0 Å². The number of carbonyl (C=O) groups is 1. The van der Waals surface area contributed by atoms with E-state index in [0.717, 1.165) is 5.56 Å². The molecule has 0 aromatic heterocycles. The molecule has 0 spiro atoms. The van der Waals surface area contributed by atoms with E-state index in [9.17, 15) is 4.79 Å². The Morgan fingerprint density at radius 2 is 1.80 bits per heavy atom. The SMILES string of the molecule is COc1ccc(C)cc1C(=O)c1cccc(N)c1OC. The standard InChI is InChI=1S/C16H17NO3/c1-10-7-8-14(19-2)12(9-10)15(18)11-5-4-6-13(17)16(11)20-3/h4-9H,17H2,1-3H3. The van der Waals surface area contributed by atoms with Crippen LogP contribution in [0.3, 0.4) is 0 Å². The summed E-state index contributed by atoms with van der Waals surface area (Å²) in [4.78, 5) is 12.7. The lowest BCUT2D eigenvalue weighted by Crippen LogP contribution is -2.07. The zero-order chi connectivity index (χ0) is 14.7. The molecule has 0 unspecified atom stereocenters. The molecule has 104 valence electrons. The Morgan fingerprint density at radius 3 is 2.45 bits per heavy atom.